The van der Waals surface area contributed by atoms with Gasteiger partial charge < -0.3 is 10.3 Å². The van der Waals surface area contributed by atoms with Crippen molar-refractivity contribution in [3.8, 4) is 0 Å². The van der Waals surface area contributed by atoms with E-state index in [-0.39, 0.29) is 0 Å². The van der Waals surface area contributed by atoms with Crippen LogP contribution in [0.5, 0.6) is 0 Å². The van der Waals surface area contributed by atoms with Gasteiger partial charge in [-0.25, -0.2) is 0 Å². The molecule has 2 heterocycles. The van der Waals surface area contributed by atoms with Gasteiger partial charge in [-0.05, 0) is 35.6 Å². The van der Waals surface area contributed by atoms with Crippen molar-refractivity contribution in [2.45, 2.75) is 20.0 Å². The molecule has 0 bridgehead atoms. The summed E-state index contributed by atoms with van der Waals surface area (Å²) in [5.41, 5.74) is 3.70. The number of hydrogen-bond donors (Lipinski definition) is 2. The van der Waals surface area contributed by atoms with Crippen LogP contribution in [0.4, 0.5) is 0 Å². The van der Waals surface area contributed by atoms with E-state index in [1.54, 1.807) is 0 Å². The number of H-pyrrole nitrogens is 1. The summed E-state index contributed by atoms with van der Waals surface area (Å²) in [4.78, 5) is 3.24. The molecule has 0 spiro atoms. The average molecular weight is 254 g/mol. The molecule has 98 valence electrons. The van der Waals surface area contributed by atoms with Gasteiger partial charge in [-0.2, -0.15) is 5.10 Å². The Bertz CT molecular complexity index is 665. The number of fused-ring (bicyclic) bond motifs is 1. The molecule has 0 saturated carbocycles. The largest absolute Gasteiger partial charge is 0.361 e. The van der Waals surface area contributed by atoms with Gasteiger partial charge in [0, 0.05) is 31.0 Å². The molecule has 3 rings (SSSR count). The average Bonchev–Trinajstić information content (AvgIpc) is 3.03. The first-order valence-electron chi connectivity index (χ1n) is 6.57. The minimum atomic E-state index is 0.884. The maximum absolute atomic E-state index is 4.27. The van der Waals surface area contributed by atoms with Crippen molar-refractivity contribution in [3.63, 3.8) is 0 Å². The molecule has 0 radical (unpaired) electrons. The number of aryl methyl sites for hydroxylation is 1. The van der Waals surface area contributed by atoms with E-state index in [0.29, 0.717) is 0 Å². The highest BCUT2D eigenvalue weighted by molar-refractivity contribution is 5.79. The predicted octanol–water partition coefficient (Wildman–Crippen LogP) is 2.46. The van der Waals surface area contributed by atoms with Gasteiger partial charge >= 0.3 is 0 Å². The molecule has 19 heavy (non-hydrogen) atoms. The molecule has 0 aliphatic carbocycles. The van der Waals surface area contributed by atoms with Crippen molar-refractivity contribution < 1.29 is 0 Å². The van der Waals surface area contributed by atoms with Gasteiger partial charge in [-0.15, -0.1) is 0 Å². The second kappa shape index (κ2) is 5.28. The third kappa shape index (κ3) is 2.85. The molecule has 2 aromatic heterocycles. The Morgan fingerprint density at radius 2 is 2.26 bits per heavy atom. The van der Waals surface area contributed by atoms with Crippen LogP contribution in [-0.4, -0.2) is 21.3 Å². The zero-order valence-corrected chi connectivity index (χ0v) is 11.1. The third-order valence-corrected chi connectivity index (χ3v) is 3.23. The summed E-state index contributed by atoms with van der Waals surface area (Å²) in [6.07, 6.45) is 5.92. The van der Waals surface area contributed by atoms with E-state index in [9.17, 15) is 0 Å². The zero-order valence-electron chi connectivity index (χ0n) is 11.1. The molecule has 4 heteroatoms. The summed E-state index contributed by atoms with van der Waals surface area (Å²) in [5.74, 6) is 0. The van der Waals surface area contributed by atoms with Gasteiger partial charge in [0.2, 0.25) is 0 Å². The molecule has 2 N–H and O–H groups in total. The molecule has 0 saturated heterocycles. The number of rotatable bonds is 5. The molecule has 4 nitrogen and oxygen atoms in total. The smallest absolute Gasteiger partial charge is 0.0534 e. The fourth-order valence-corrected chi connectivity index (χ4v) is 2.22. The summed E-state index contributed by atoms with van der Waals surface area (Å²) in [7, 11) is 0. The Kier molecular flexibility index (Phi) is 3.33. The first-order valence-corrected chi connectivity index (χ1v) is 6.57. The number of benzene rings is 1. The summed E-state index contributed by atoms with van der Waals surface area (Å²) < 4.78 is 1.97. The van der Waals surface area contributed by atoms with E-state index in [1.165, 1.54) is 22.0 Å². The molecular formula is C15H18N4. The number of aromatic amines is 1. The minimum Gasteiger partial charge on any atom is -0.361 e. The topological polar surface area (TPSA) is 45.6 Å². The lowest BCUT2D eigenvalue weighted by molar-refractivity contribution is 0.555. The van der Waals surface area contributed by atoms with Crippen LogP contribution in [0.2, 0.25) is 0 Å². The summed E-state index contributed by atoms with van der Waals surface area (Å²) in [6, 6.07) is 8.61. The molecule has 0 aliphatic heterocycles. The molecule has 0 amide bonds. The molecule has 0 fully saturated rings. The second-order valence-electron chi connectivity index (χ2n) is 4.86. The number of hydrogen-bond acceptors (Lipinski definition) is 2. The van der Waals surface area contributed by atoms with Crippen LogP contribution in [0.3, 0.4) is 0 Å². The van der Waals surface area contributed by atoms with E-state index < -0.39 is 0 Å². The second-order valence-corrected chi connectivity index (χ2v) is 4.86. The Morgan fingerprint density at radius 1 is 1.32 bits per heavy atom. The lowest BCUT2D eigenvalue weighted by Gasteiger charge is -2.05. The van der Waals surface area contributed by atoms with Crippen LogP contribution in [0.25, 0.3) is 10.9 Å². The highest BCUT2D eigenvalue weighted by Crippen LogP contribution is 2.13. The monoisotopic (exact) mass is 254 g/mol. The van der Waals surface area contributed by atoms with Crippen molar-refractivity contribution in [2.24, 2.45) is 0 Å². The van der Waals surface area contributed by atoms with Crippen LogP contribution in [-0.2, 0) is 13.1 Å². The number of nitrogens with zero attached hydrogens (tertiary/aromatic N) is 2. The molecule has 3 aromatic rings. The van der Waals surface area contributed by atoms with Crippen molar-refractivity contribution in [3.05, 3.63) is 54.0 Å². The van der Waals surface area contributed by atoms with Gasteiger partial charge in [0.05, 0.1) is 12.7 Å². The van der Waals surface area contributed by atoms with E-state index in [0.717, 1.165) is 19.6 Å². The highest BCUT2D eigenvalue weighted by atomic mass is 15.3. The highest BCUT2D eigenvalue weighted by Gasteiger charge is 1.98. The van der Waals surface area contributed by atoms with Crippen molar-refractivity contribution in [1.29, 1.82) is 0 Å². The maximum atomic E-state index is 4.27. The lowest BCUT2D eigenvalue weighted by Crippen LogP contribution is -2.19. The zero-order chi connectivity index (χ0) is 13.1. The summed E-state index contributed by atoms with van der Waals surface area (Å²) >= 11 is 0. The lowest BCUT2D eigenvalue weighted by atomic mass is 10.1. The fourth-order valence-electron chi connectivity index (χ4n) is 2.22. The summed E-state index contributed by atoms with van der Waals surface area (Å²) in [5, 5.41) is 8.97. The molecule has 0 unspecified atom stereocenters. The standard InChI is InChI=1S/C15H18N4/c1-12-9-18-19(11-12)7-6-16-10-13-2-3-14-4-5-17-15(14)8-13/h2-5,8-9,11,16-17H,6-7,10H2,1H3. The van der Waals surface area contributed by atoms with Crippen molar-refractivity contribution in [1.82, 2.24) is 20.1 Å². The predicted molar refractivity (Wildman–Crippen MR) is 77.0 cm³/mol. The number of nitrogens with one attached hydrogen (secondary N) is 2. The molecule has 1 aromatic carbocycles. The minimum absolute atomic E-state index is 0.884. The summed E-state index contributed by atoms with van der Waals surface area (Å²) in [6.45, 7) is 4.76. The Morgan fingerprint density at radius 3 is 3.11 bits per heavy atom. The number of aromatic nitrogens is 3. The van der Waals surface area contributed by atoms with Crippen LogP contribution >= 0.6 is 0 Å². The maximum Gasteiger partial charge on any atom is 0.0534 e. The molecule has 0 aliphatic rings. The molecule has 0 atom stereocenters. The van der Waals surface area contributed by atoms with Crippen LogP contribution in [0.15, 0.2) is 42.9 Å². The van der Waals surface area contributed by atoms with Gasteiger partial charge in [0.15, 0.2) is 0 Å². The Hall–Kier alpha value is -2.07. The van der Waals surface area contributed by atoms with E-state index >= 15 is 0 Å². The molecular weight excluding hydrogens is 236 g/mol. The quantitative estimate of drug-likeness (QED) is 0.687. The van der Waals surface area contributed by atoms with Crippen LogP contribution in [0.1, 0.15) is 11.1 Å². The first-order chi connectivity index (χ1) is 9.31. The van der Waals surface area contributed by atoms with E-state index in [4.69, 9.17) is 0 Å². The SMILES string of the molecule is Cc1cnn(CCNCc2ccc3cc[nH]c3c2)c1. The Labute approximate surface area is 112 Å². The van der Waals surface area contributed by atoms with E-state index in [1.807, 2.05) is 17.1 Å². The normalized spacial score (nSPS) is 11.2. The van der Waals surface area contributed by atoms with Gasteiger partial charge in [-0.1, -0.05) is 12.1 Å². The fraction of sp³-hybridized carbons (Fsp3) is 0.267. The Balaban J connectivity index is 1.51. The third-order valence-electron chi connectivity index (χ3n) is 3.23. The van der Waals surface area contributed by atoms with Gasteiger partial charge in [-0.3, -0.25) is 4.68 Å². The van der Waals surface area contributed by atoms with Gasteiger partial charge in [0.1, 0.15) is 0 Å². The van der Waals surface area contributed by atoms with Gasteiger partial charge in [0.25, 0.3) is 0 Å². The van der Waals surface area contributed by atoms with Crippen molar-refractivity contribution >= 4 is 10.9 Å². The van der Waals surface area contributed by atoms with Crippen LogP contribution in [0, 0.1) is 6.92 Å². The van der Waals surface area contributed by atoms with Crippen LogP contribution < -0.4 is 5.32 Å². The first kappa shape index (κ1) is 12.0. The van der Waals surface area contributed by atoms with Crippen molar-refractivity contribution in [2.75, 3.05) is 6.54 Å². The van der Waals surface area contributed by atoms with E-state index in [2.05, 4.69) is 52.8 Å².